The monoisotopic (exact) mass is 364 g/mol. The first-order valence-corrected chi connectivity index (χ1v) is 7.86. The van der Waals surface area contributed by atoms with Gasteiger partial charge in [-0.2, -0.15) is 5.10 Å². The first-order valence-electron chi connectivity index (χ1n) is 7.11. The average Bonchev–Trinajstić information content (AvgIpc) is 3.03. The number of hydrogen-bond donors (Lipinski definition) is 1. The number of nitrogens with one attached hydrogen (secondary N) is 1. The molecule has 0 saturated heterocycles. The number of carbonyl (C=O) groups excluding carboxylic acids is 1. The topological polar surface area (TPSA) is 72.7 Å². The van der Waals surface area contributed by atoms with Crippen LogP contribution >= 0.6 is 23.2 Å². The number of H-pyrrole nitrogens is 1. The predicted octanol–water partition coefficient (Wildman–Crippen LogP) is 3.05. The van der Waals surface area contributed by atoms with Gasteiger partial charge in [-0.15, -0.1) is 0 Å². The summed E-state index contributed by atoms with van der Waals surface area (Å²) in [5, 5.41) is 7.63. The molecule has 2 aromatic heterocycles. The molecule has 0 atom stereocenters. The normalized spacial score (nSPS) is 11.0. The van der Waals surface area contributed by atoms with E-state index in [0.29, 0.717) is 16.4 Å². The Morgan fingerprint density at radius 2 is 1.96 bits per heavy atom. The van der Waals surface area contributed by atoms with E-state index in [1.54, 1.807) is 32.3 Å². The number of ketones is 1. The Morgan fingerprint density at radius 3 is 2.50 bits per heavy atom. The smallest absolute Gasteiger partial charge is 0.277 e. The molecule has 2 heterocycles. The molecule has 6 nitrogen and oxygen atoms in total. The van der Waals surface area contributed by atoms with Crippen LogP contribution in [0.2, 0.25) is 10.0 Å². The van der Waals surface area contributed by atoms with Gasteiger partial charge in [0.1, 0.15) is 5.56 Å². The summed E-state index contributed by atoms with van der Waals surface area (Å²) in [4.78, 5) is 25.0. The Hall–Kier alpha value is -2.31. The zero-order valence-electron chi connectivity index (χ0n) is 13.2. The van der Waals surface area contributed by atoms with Gasteiger partial charge in [0.25, 0.3) is 5.56 Å². The molecule has 3 aromatic rings. The van der Waals surface area contributed by atoms with Gasteiger partial charge in [0.15, 0.2) is 0 Å². The van der Waals surface area contributed by atoms with Crippen LogP contribution < -0.4 is 5.56 Å². The van der Waals surface area contributed by atoms with Crippen molar-refractivity contribution in [3.8, 4) is 5.69 Å². The Bertz CT molecular complexity index is 1010. The molecule has 0 aliphatic heterocycles. The van der Waals surface area contributed by atoms with Crippen LogP contribution in [0.3, 0.4) is 0 Å². The SMILES string of the molecule is Cc1ccc(C(=O)c2c(C)[nH]n(C)c2=O)c(Cl)c1-n1cc(Cl)cn1. The molecule has 0 radical (unpaired) electrons. The molecule has 124 valence electrons. The molecule has 0 fully saturated rings. The van der Waals surface area contributed by atoms with Gasteiger partial charge >= 0.3 is 0 Å². The fourth-order valence-electron chi connectivity index (χ4n) is 2.63. The molecule has 0 spiro atoms. The Balaban J connectivity index is 2.20. The number of nitrogens with zero attached hydrogens (tertiary/aromatic N) is 3. The van der Waals surface area contributed by atoms with E-state index in [-0.39, 0.29) is 16.1 Å². The third-order valence-corrected chi connectivity index (χ3v) is 4.38. The van der Waals surface area contributed by atoms with Crippen molar-refractivity contribution < 1.29 is 4.79 Å². The molecule has 0 bridgehead atoms. The zero-order valence-corrected chi connectivity index (χ0v) is 14.7. The van der Waals surface area contributed by atoms with Crippen molar-refractivity contribution in [1.82, 2.24) is 19.6 Å². The number of hydrogen-bond acceptors (Lipinski definition) is 3. The highest BCUT2D eigenvalue weighted by molar-refractivity contribution is 6.37. The highest BCUT2D eigenvalue weighted by Gasteiger charge is 2.23. The summed E-state index contributed by atoms with van der Waals surface area (Å²) in [5.41, 5.74) is 1.80. The van der Waals surface area contributed by atoms with Crippen molar-refractivity contribution in [1.29, 1.82) is 0 Å². The number of aromatic nitrogens is 4. The Morgan fingerprint density at radius 1 is 1.25 bits per heavy atom. The molecule has 1 N–H and O–H groups in total. The zero-order chi connectivity index (χ0) is 17.6. The van der Waals surface area contributed by atoms with Crippen molar-refractivity contribution >= 4 is 29.0 Å². The van der Waals surface area contributed by atoms with E-state index in [1.807, 2.05) is 6.92 Å². The van der Waals surface area contributed by atoms with Gasteiger partial charge in [0, 0.05) is 24.5 Å². The average molecular weight is 365 g/mol. The fourth-order valence-corrected chi connectivity index (χ4v) is 3.15. The minimum absolute atomic E-state index is 0.0766. The number of aromatic amines is 1. The summed E-state index contributed by atoms with van der Waals surface area (Å²) < 4.78 is 2.78. The molecule has 0 amide bonds. The Labute approximate surface area is 147 Å². The first kappa shape index (κ1) is 16.5. The van der Waals surface area contributed by atoms with Gasteiger partial charge in [0.2, 0.25) is 5.78 Å². The summed E-state index contributed by atoms with van der Waals surface area (Å²) in [7, 11) is 1.56. The van der Waals surface area contributed by atoms with Crippen molar-refractivity contribution in [3.05, 3.63) is 67.3 Å². The molecule has 0 unspecified atom stereocenters. The number of halogens is 2. The van der Waals surface area contributed by atoms with E-state index >= 15 is 0 Å². The van der Waals surface area contributed by atoms with Crippen LogP contribution in [0.25, 0.3) is 5.69 Å². The lowest BCUT2D eigenvalue weighted by Crippen LogP contribution is -2.20. The number of rotatable bonds is 3. The van der Waals surface area contributed by atoms with Gasteiger partial charge in [-0.05, 0) is 25.5 Å². The van der Waals surface area contributed by atoms with Crippen LogP contribution in [0, 0.1) is 13.8 Å². The lowest BCUT2D eigenvalue weighted by molar-refractivity contribution is 0.103. The summed E-state index contributed by atoms with van der Waals surface area (Å²) in [6.07, 6.45) is 3.09. The largest absolute Gasteiger partial charge is 0.299 e. The van der Waals surface area contributed by atoms with Gasteiger partial charge in [0.05, 0.1) is 21.9 Å². The van der Waals surface area contributed by atoms with Gasteiger partial charge in [-0.25, -0.2) is 4.68 Å². The fraction of sp³-hybridized carbons (Fsp3) is 0.188. The van der Waals surface area contributed by atoms with Crippen LogP contribution in [0.4, 0.5) is 0 Å². The molecule has 8 heteroatoms. The lowest BCUT2D eigenvalue weighted by Gasteiger charge is -2.12. The van der Waals surface area contributed by atoms with E-state index in [0.717, 1.165) is 5.56 Å². The molecule has 24 heavy (non-hydrogen) atoms. The molecule has 0 saturated carbocycles. The van der Waals surface area contributed by atoms with Crippen molar-refractivity contribution in [2.45, 2.75) is 13.8 Å². The van der Waals surface area contributed by atoms with E-state index < -0.39 is 11.3 Å². The molecular formula is C16H14Cl2N4O2. The van der Waals surface area contributed by atoms with Crippen molar-refractivity contribution in [2.24, 2.45) is 7.05 Å². The summed E-state index contributed by atoms with van der Waals surface area (Å²) >= 11 is 12.4. The molecule has 3 rings (SSSR count). The molecular weight excluding hydrogens is 351 g/mol. The van der Waals surface area contributed by atoms with E-state index in [9.17, 15) is 9.59 Å². The number of carbonyl (C=O) groups is 1. The third-order valence-electron chi connectivity index (χ3n) is 3.80. The van der Waals surface area contributed by atoms with E-state index in [1.165, 1.54) is 15.6 Å². The highest BCUT2D eigenvalue weighted by atomic mass is 35.5. The number of benzene rings is 1. The van der Waals surface area contributed by atoms with Crippen LogP contribution in [-0.4, -0.2) is 25.3 Å². The first-order chi connectivity index (χ1) is 11.3. The number of aryl methyl sites for hydroxylation is 3. The molecule has 1 aromatic carbocycles. The van der Waals surface area contributed by atoms with Crippen LogP contribution in [0.15, 0.2) is 29.3 Å². The predicted molar refractivity (Wildman–Crippen MR) is 92.5 cm³/mol. The summed E-state index contributed by atoms with van der Waals surface area (Å²) in [5.74, 6) is -0.432. The van der Waals surface area contributed by atoms with Crippen LogP contribution in [0.1, 0.15) is 27.2 Å². The lowest BCUT2D eigenvalue weighted by atomic mass is 10.0. The third kappa shape index (κ3) is 2.57. The second-order valence-corrected chi connectivity index (χ2v) is 6.32. The standard InChI is InChI=1S/C16H14Cl2N4O2/c1-8-4-5-11(13(18)14(8)22-7-10(17)6-19-22)15(23)12-9(2)20-21(3)16(12)24/h4-7,20H,1-3H3. The maximum Gasteiger partial charge on any atom is 0.277 e. The van der Waals surface area contributed by atoms with Crippen LogP contribution in [0.5, 0.6) is 0 Å². The minimum atomic E-state index is -0.432. The second-order valence-electron chi connectivity index (χ2n) is 5.50. The van der Waals surface area contributed by atoms with E-state index in [2.05, 4.69) is 10.2 Å². The van der Waals surface area contributed by atoms with Gasteiger partial charge < -0.3 is 0 Å². The molecule has 0 aliphatic rings. The molecule has 0 aliphatic carbocycles. The second kappa shape index (κ2) is 5.96. The summed E-state index contributed by atoms with van der Waals surface area (Å²) in [6, 6.07) is 3.37. The van der Waals surface area contributed by atoms with Gasteiger partial charge in [-0.1, -0.05) is 29.3 Å². The van der Waals surface area contributed by atoms with Gasteiger partial charge in [-0.3, -0.25) is 19.4 Å². The maximum absolute atomic E-state index is 12.8. The maximum atomic E-state index is 12.8. The quantitative estimate of drug-likeness (QED) is 0.725. The van der Waals surface area contributed by atoms with E-state index in [4.69, 9.17) is 23.2 Å². The summed E-state index contributed by atoms with van der Waals surface area (Å²) in [6.45, 7) is 3.52. The van der Waals surface area contributed by atoms with Crippen molar-refractivity contribution in [3.63, 3.8) is 0 Å². The van der Waals surface area contributed by atoms with Crippen molar-refractivity contribution in [2.75, 3.05) is 0 Å². The van der Waals surface area contributed by atoms with Crippen LogP contribution in [-0.2, 0) is 7.05 Å². The minimum Gasteiger partial charge on any atom is -0.299 e. The Kier molecular flexibility index (Phi) is 4.11. The highest BCUT2D eigenvalue weighted by Crippen LogP contribution is 2.30.